The van der Waals surface area contributed by atoms with Crippen molar-refractivity contribution in [3.05, 3.63) is 58.1 Å². The van der Waals surface area contributed by atoms with Crippen molar-refractivity contribution in [3.8, 4) is 6.07 Å². The predicted octanol–water partition coefficient (Wildman–Crippen LogP) is 3.76. The van der Waals surface area contributed by atoms with Crippen LogP contribution >= 0.6 is 15.9 Å². The number of benzene rings is 2. The van der Waals surface area contributed by atoms with Crippen LogP contribution in [0.5, 0.6) is 0 Å². The molecule has 0 heterocycles. The lowest BCUT2D eigenvalue weighted by atomic mass is 10.2. The number of anilines is 2. The summed E-state index contributed by atoms with van der Waals surface area (Å²) in [4.78, 5) is 10.8. The molecule has 19 heavy (non-hydrogen) atoms. The molecule has 2 aromatic rings. The monoisotopic (exact) mass is 316 g/mol. The standard InChI is InChI=1S/C14H9BrN2O2/c15-12-7-10(14(18)19)3-6-13(12)17-11-4-1-9(8-16)2-5-11/h1-7,17H,(H,18,19). The first-order valence-corrected chi connectivity index (χ1v) is 6.19. The van der Waals surface area contributed by atoms with E-state index >= 15 is 0 Å². The molecule has 0 spiro atoms. The first-order chi connectivity index (χ1) is 9.10. The zero-order chi connectivity index (χ0) is 13.8. The van der Waals surface area contributed by atoms with Gasteiger partial charge in [0.1, 0.15) is 0 Å². The van der Waals surface area contributed by atoms with Crippen molar-refractivity contribution < 1.29 is 9.90 Å². The number of hydrogen-bond acceptors (Lipinski definition) is 3. The van der Waals surface area contributed by atoms with Gasteiger partial charge in [-0.15, -0.1) is 0 Å². The molecule has 2 N–H and O–H groups in total. The van der Waals surface area contributed by atoms with Gasteiger partial charge in [-0.2, -0.15) is 5.26 Å². The molecular formula is C14H9BrN2O2. The van der Waals surface area contributed by atoms with Crippen LogP contribution in [0.1, 0.15) is 15.9 Å². The third-order valence-electron chi connectivity index (χ3n) is 2.51. The van der Waals surface area contributed by atoms with Crippen LogP contribution in [0, 0.1) is 11.3 Å². The van der Waals surface area contributed by atoms with Crippen molar-refractivity contribution in [3.63, 3.8) is 0 Å². The van der Waals surface area contributed by atoms with E-state index < -0.39 is 5.97 Å². The second-order valence-corrected chi connectivity index (χ2v) is 4.67. The van der Waals surface area contributed by atoms with Crippen LogP contribution in [0.15, 0.2) is 46.9 Å². The molecule has 4 nitrogen and oxygen atoms in total. The van der Waals surface area contributed by atoms with Gasteiger partial charge in [0.25, 0.3) is 0 Å². The second-order valence-electron chi connectivity index (χ2n) is 3.81. The molecule has 0 saturated carbocycles. The summed E-state index contributed by atoms with van der Waals surface area (Å²) < 4.78 is 0.664. The fourth-order valence-electron chi connectivity index (χ4n) is 1.53. The molecule has 2 rings (SSSR count). The summed E-state index contributed by atoms with van der Waals surface area (Å²) in [6.45, 7) is 0. The minimum absolute atomic E-state index is 0.220. The Labute approximate surface area is 118 Å². The molecule has 0 bridgehead atoms. The number of halogens is 1. The quantitative estimate of drug-likeness (QED) is 0.904. The fourth-order valence-corrected chi connectivity index (χ4v) is 2.01. The van der Waals surface area contributed by atoms with Crippen LogP contribution in [0.25, 0.3) is 0 Å². The SMILES string of the molecule is N#Cc1ccc(Nc2ccc(C(=O)O)cc2Br)cc1. The average Bonchev–Trinajstić information content (AvgIpc) is 2.41. The molecule has 0 aromatic heterocycles. The highest BCUT2D eigenvalue weighted by Crippen LogP contribution is 2.27. The molecule has 0 saturated heterocycles. The summed E-state index contributed by atoms with van der Waals surface area (Å²) in [5, 5.41) is 20.7. The number of carboxylic acid groups (broad SMARTS) is 1. The van der Waals surface area contributed by atoms with Crippen LogP contribution in [0.2, 0.25) is 0 Å². The lowest BCUT2D eigenvalue weighted by Crippen LogP contribution is -1.98. The lowest BCUT2D eigenvalue weighted by molar-refractivity contribution is 0.0697. The molecule has 0 aliphatic carbocycles. The third kappa shape index (κ3) is 3.12. The smallest absolute Gasteiger partial charge is 0.335 e. The van der Waals surface area contributed by atoms with E-state index in [0.29, 0.717) is 10.0 Å². The van der Waals surface area contributed by atoms with Crippen molar-refractivity contribution >= 4 is 33.3 Å². The Bertz CT molecular complexity index is 660. The third-order valence-corrected chi connectivity index (χ3v) is 3.17. The number of carbonyl (C=O) groups is 1. The normalized spacial score (nSPS) is 9.68. The molecule has 0 unspecified atom stereocenters. The van der Waals surface area contributed by atoms with Gasteiger partial charge < -0.3 is 10.4 Å². The summed E-state index contributed by atoms with van der Waals surface area (Å²) in [6.07, 6.45) is 0. The van der Waals surface area contributed by atoms with Gasteiger partial charge in [0.05, 0.1) is 22.9 Å². The molecular weight excluding hydrogens is 308 g/mol. The Kier molecular flexibility index (Phi) is 3.83. The van der Waals surface area contributed by atoms with E-state index in [4.69, 9.17) is 10.4 Å². The van der Waals surface area contributed by atoms with Gasteiger partial charge in [-0.1, -0.05) is 0 Å². The Morgan fingerprint density at radius 3 is 2.42 bits per heavy atom. The van der Waals surface area contributed by atoms with E-state index in [1.807, 2.05) is 6.07 Å². The van der Waals surface area contributed by atoms with Crippen LogP contribution in [0.3, 0.4) is 0 Å². The lowest BCUT2D eigenvalue weighted by Gasteiger charge is -2.09. The highest BCUT2D eigenvalue weighted by molar-refractivity contribution is 9.10. The van der Waals surface area contributed by atoms with E-state index in [0.717, 1.165) is 11.4 Å². The molecule has 0 fully saturated rings. The highest BCUT2D eigenvalue weighted by Gasteiger charge is 2.06. The van der Waals surface area contributed by atoms with Gasteiger partial charge >= 0.3 is 5.97 Å². The van der Waals surface area contributed by atoms with Gasteiger partial charge in [0.15, 0.2) is 0 Å². The van der Waals surface area contributed by atoms with Gasteiger partial charge in [0.2, 0.25) is 0 Å². The van der Waals surface area contributed by atoms with Crippen LogP contribution in [-0.4, -0.2) is 11.1 Å². The molecule has 5 heteroatoms. The Morgan fingerprint density at radius 2 is 1.89 bits per heavy atom. The van der Waals surface area contributed by atoms with Gasteiger partial charge in [-0.3, -0.25) is 0 Å². The molecule has 94 valence electrons. The molecule has 2 aromatic carbocycles. The summed E-state index contributed by atoms with van der Waals surface area (Å²) in [7, 11) is 0. The number of carboxylic acids is 1. The van der Waals surface area contributed by atoms with E-state index in [9.17, 15) is 4.79 Å². The maximum Gasteiger partial charge on any atom is 0.335 e. The number of nitriles is 1. The summed E-state index contributed by atoms with van der Waals surface area (Å²) in [6, 6.07) is 13.8. The average molecular weight is 317 g/mol. The minimum atomic E-state index is -0.967. The number of aromatic carboxylic acids is 1. The zero-order valence-corrected chi connectivity index (χ0v) is 11.3. The maximum atomic E-state index is 10.8. The Hall–Kier alpha value is -2.32. The van der Waals surface area contributed by atoms with Crippen molar-refractivity contribution in [2.75, 3.05) is 5.32 Å². The number of hydrogen-bond donors (Lipinski definition) is 2. The predicted molar refractivity (Wildman–Crippen MR) is 75.5 cm³/mol. The largest absolute Gasteiger partial charge is 0.478 e. The molecule has 0 atom stereocenters. The molecule has 0 amide bonds. The summed E-state index contributed by atoms with van der Waals surface area (Å²) >= 11 is 3.32. The van der Waals surface area contributed by atoms with E-state index in [-0.39, 0.29) is 5.56 Å². The molecule has 0 aliphatic rings. The number of nitrogens with one attached hydrogen (secondary N) is 1. The maximum absolute atomic E-state index is 10.8. The summed E-state index contributed by atoms with van der Waals surface area (Å²) in [5.74, 6) is -0.967. The number of nitrogens with zero attached hydrogens (tertiary/aromatic N) is 1. The zero-order valence-electron chi connectivity index (χ0n) is 9.72. The second kappa shape index (κ2) is 5.55. The van der Waals surface area contributed by atoms with Crippen LogP contribution in [-0.2, 0) is 0 Å². The van der Waals surface area contributed by atoms with E-state index in [2.05, 4.69) is 21.2 Å². The van der Waals surface area contributed by atoms with E-state index in [1.54, 1.807) is 30.3 Å². The van der Waals surface area contributed by atoms with Crippen molar-refractivity contribution in [1.82, 2.24) is 0 Å². The Morgan fingerprint density at radius 1 is 1.21 bits per heavy atom. The first-order valence-electron chi connectivity index (χ1n) is 5.40. The molecule has 0 aliphatic heterocycles. The first kappa shape index (κ1) is 13.1. The van der Waals surface area contributed by atoms with Crippen LogP contribution < -0.4 is 5.32 Å². The topological polar surface area (TPSA) is 73.1 Å². The fraction of sp³-hybridized carbons (Fsp3) is 0. The van der Waals surface area contributed by atoms with Crippen molar-refractivity contribution in [2.24, 2.45) is 0 Å². The van der Waals surface area contributed by atoms with Crippen molar-refractivity contribution in [2.45, 2.75) is 0 Å². The summed E-state index contributed by atoms with van der Waals surface area (Å²) in [5.41, 5.74) is 2.39. The van der Waals surface area contributed by atoms with Crippen LogP contribution in [0.4, 0.5) is 11.4 Å². The van der Waals surface area contributed by atoms with Gasteiger partial charge in [-0.25, -0.2) is 4.79 Å². The minimum Gasteiger partial charge on any atom is -0.478 e. The van der Waals surface area contributed by atoms with Gasteiger partial charge in [0, 0.05) is 10.2 Å². The molecule has 0 radical (unpaired) electrons. The van der Waals surface area contributed by atoms with Crippen molar-refractivity contribution in [1.29, 1.82) is 5.26 Å². The van der Waals surface area contributed by atoms with E-state index in [1.165, 1.54) is 12.1 Å². The Balaban J connectivity index is 2.23. The highest BCUT2D eigenvalue weighted by atomic mass is 79.9. The van der Waals surface area contributed by atoms with Gasteiger partial charge in [-0.05, 0) is 58.4 Å². The number of rotatable bonds is 3.